The zero-order valence-corrected chi connectivity index (χ0v) is 16.2. The number of hydrogen-bond acceptors (Lipinski definition) is 6. The summed E-state index contributed by atoms with van der Waals surface area (Å²) < 4.78 is 38.8. The summed E-state index contributed by atoms with van der Waals surface area (Å²) >= 11 is 0. The minimum absolute atomic E-state index is 0.0787. The van der Waals surface area contributed by atoms with Gasteiger partial charge in [0.2, 0.25) is 0 Å². The molecule has 2 aromatic carbocycles. The molecule has 1 N–H and O–H groups in total. The smallest absolute Gasteiger partial charge is 0.261 e. The average molecular weight is 387 g/mol. The highest BCUT2D eigenvalue weighted by molar-refractivity contribution is 7.92. The Bertz CT molecular complexity index is 1040. The van der Waals surface area contributed by atoms with E-state index in [9.17, 15) is 8.42 Å². The van der Waals surface area contributed by atoms with Gasteiger partial charge in [-0.05, 0) is 49.2 Å². The second kappa shape index (κ2) is 7.79. The summed E-state index contributed by atoms with van der Waals surface area (Å²) in [4.78, 5) is 4.40. The van der Waals surface area contributed by atoms with Gasteiger partial charge in [0.15, 0.2) is 5.82 Å². The van der Waals surface area contributed by atoms with E-state index in [1.165, 1.54) is 19.2 Å². The SMILES string of the molecule is CCCc1noc(-c2cc(S(=O)(=O)Nc3cccc(C)c3)ccc2OC)n1. The number of benzene rings is 2. The van der Waals surface area contributed by atoms with Crippen LogP contribution in [-0.4, -0.2) is 25.7 Å². The normalized spacial score (nSPS) is 11.4. The summed E-state index contributed by atoms with van der Waals surface area (Å²) in [5.74, 6) is 1.25. The minimum atomic E-state index is -3.78. The van der Waals surface area contributed by atoms with Crippen LogP contribution in [0.5, 0.6) is 5.75 Å². The predicted molar refractivity (Wildman–Crippen MR) is 102 cm³/mol. The van der Waals surface area contributed by atoms with E-state index in [2.05, 4.69) is 14.9 Å². The predicted octanol–water partition coefficient (Wildman–Crippen LogP) is 3.81. The fourth-order valence-electron chi connectivity index (χ4n) is 2.63. The molecule has 0 radical (unpaired) electrons. The van der Waals surface area contributed by atoms with Gasteiger partial charge >= 0.3 is 0 Å². The van der Waals surface area contributed by atoms with Gasteiger partial charge in [-0.1, -0.05) is 24.2 Å². The number of anilines is 1. The Labute approximate surface area is 158 Å². The highest BCUT2D eigenvalue weighted by Gasteiger charge is 2.20. The summed E-state index contributed by atoms with van der Waals surface area (Å²) in [6.07, 6.45) is 1.56. The standard InChI is InChI=1S/C19H21N3O4S/c1-4-6-18-20-19(26-21-18)16-12-15(9-10-17(16)25-3)27(23,24)22-14-8-5-7-13(2)11-14/h5,7-12,22H,4,6H2,1-3H3. The van der Waals surface area contributed by atoms with Gasteiger partial charge in [0.1, 0.15) is 5.75 Å². The molecule has 0 aliphatic rings. The van der Waals surface area contributed by atoms with E-state index in [0.29, 0.717) is 29.2 Å². The van der Waals surface area contributed by atoms with Crippen molar-refractivity contribution in [2.75, 3.05) is 11.8 Å². The molecule has 1 aromatic heterocycles. The zero-order valence-electron chi connectivity index (χ0n) is 15.4. The number of hydrogen-bond donors (Lipinski definition) is 1. The van der Waals surface area contributed by atoms with Crippen LogP contribution in [0.15, 0.2) is 51.9 Å². The van der Waals surface area contributed by atoms with E-state index in [4.69, 9.17) is 9.26 Å². The molecule has 0 saturated heterocycles. The molecule has 1 heterocycles. The average Bonchev–Trinajstić information content (AvgIpc) is 3.09. The number of rotatable bonds is 7. The maximum absolute atomic E-state index is 12.8. The van der Waals surface area contributed by atoms with Crippen LogP contribution < -0.4 is 9.46 Å². The summed E-state index contributed by atoms with van der Waals surface area (Å²) in [5.41, 5.74) is 1.88. The molecule has 8 heteroatoms. The first-order chi connectivity index (χ1) is 12.9. The summed E-state index contributed by atoms with van der Waals surface area (Å²) in [6, 6.07) is 11.7. The van der Waals surface area contributed by atoms with Crippen molar-refractivity contribution in [1.29, 1.82) is 0 Å². The molecular weight excluding hydrogens is 366 g/mol. The Hall–Kier alpha value is -2.87. The van der Waals surface area contributed by atoms with Gasteiger partial charge in [0.25, 0.3) is 15.9 Å². The van der Waals surface area contributed by atoms with Crippen LogP contribution in [0.4, 0.5) is 5.69 Å². The molecule has 3 rings (SSSR count). The summed E-state index contributed by atoms with van der Waals surface area (Å²) in [6.45, 7) is 3.91. The summed E-state index contributed by atoms with van der Waals surface area (Å²) in [7, 11) is -2.28. The first-order valence-electron chi connectivity index (χ1n) is 8.53. The number of aromatic nitrogens is 2. The Morgan fingerprint density at radius 2 is 2.00 bits per heavy atom. The van der Waals surface area contributed by atoms with Gasteiger partial charge in [0.05, 0.1) is 17.6 Å². The Kier molecular flexibility index (Phi) is 5.46. The van der Waals surface area contributed by atoms with Crippen molar-refractivity contribution in [1.82, 2.24) is 10.1 Å². The molecule has 0 bridgehead atoms. The Morgan fingerprint density at radius 3 is 2.70 bits per heavy atom. The van der Waals surface area contributed by atoms with Crippen molar-refractivity contribution in [3.8, 4) is 17.2 Å². The van der Waals surface area contributed by atoms with Crippen LogP contribution in [0.25, 0.3) is 11.5 Å². The van der Waals surface area contributed by atoms with E-state index in [-0.39, 0.29) is 10.8 Å². The Balaban J connectivity index is 1.98. The van der Waals surface area contributed by atoms with Crippen molar-refractivity contribution in [2.24, 2.45) is 0 Å². The van der Waals surface area contributed by atoms with E-state index in [0.717, 1.165) is 12.0 Å². The van der Waals surface area contributed by atoms with Crippen LogP contribution in [0.3, 0.4) is 0 Å². The third kappa shape index (κ3) is 4.28. The first kappa shape index (κ1) is 18.9. The molecule has 0 aliphatic heterocycles. The van der Waals surface area contributed by atoms with Gasteiger partial charge < -0.3 is 9.26 Å². The lowest BCUT2D eigenvalue weighted by Gasteiger charge is -2.11. The molecule has 7 nitrogen and oxygen atoms in total. The lowest BCUT2D eigenvalue weighted by molar-refractivity contribution is 0.402. The maximum atomic E-state index is 12.8. The number of aryl methyl sites for hydroxylation is 2. The first-order valence-corrected chi connectivity index (χ1v) is 10.0. The zero-order chi connectivity index (χ0) is 19.4. The quantitative estimate of drug-likeness (QED) is 0.662. The van der Waals surface area contributed by atoms with Crippen molar-refractivity contribution >= 4 is 15.7 Å². The van der Waals surface area contributed by atoms with E-state index >= 15 is 0 Å². The van der Waals surface area contributed by atoms with Crippen LogP contribution in [0.1, 0.15) is 24.7 Å². The molecule has 0 saturated carbocycles. The van der Waals surface area contributed by atoms with Crippen molar-refractivity contribution in [2.45, 2.75) is 31.6 Å². The van der Waals surface area contributed by atoms with Gasteiger partial charge in [-0.25, -0.2) is 8.42 Å². The van der Waals surface area contributed by atoms with Crippen LogP contribution in [0, 0.1) is 6.92 Å². The van der Waals surface area contributed by atoms with Gasteiger partial charge in [-0.15, -0.1) is 0 Å². The number of nitrogens with zero attached hydrogens (tertiary/aromatic N) is 2. The molecule has 3 aromatic rings. The number of nitrogens with one attached hydrogen (secondary N) is 1. The maximum Gasteiger partial charge on any atom is 0.261 e. The molecule has 0 atom stereocenters. The highest BCUT2D eigenvalue weighted by Crippen LogP contribution is 2.32. The molecule has 0 amide bonds. The van der Waals surface area contributed by atoms with E-state index in [1.54, 1.807) is 24.3 Å². The van der Waals surface area contributed by atoms with E-state index < -0.39 is 10.0 Å². The topological polar surface area (TPSA) is 94.3 Å². The summed E-state index contributed by atoms with van der Waals surface area (Å²) in [5, 5.41) is 3.92. The lowest BCUT2D eigenvalue weighted by Crippen LogP contribution is -2.13. The van der Waals surface area contributed by atoms with Crippen molar-refractivity contribution < 1.29 is 17.7 Å². The van der Waals surface area contributed by atoms with Gasteiger partial charge in [-0.3, -0.25) is 4.72 Å². The highest BCUT2D eigenvalue weighted by atomic mass is 32.2. The minimum Gasteiger partial charge on any atom is -0.496 e. The number of sulfonamides is 1. The van der Waals surface area contributed by atoms with Crippen molar-refractivity contribution in [3.63, 3.8) is 0 Å². The lowest BCUT2D eigenvalue weighted by atomic mass is 10.2. The van der Waals surface area contributed by atoms with Crippen LogP contribution in [-0.2, 0) is 16.4 Å². The monoisotopic (exact) mass is 387 g/mol. The molecule has 0 aliphatic carbocycles. The molecule has 0 unspecified atom stereocenters. The second-order valence-electron chi connectivity index (χ2n) is 6.10. The fourth-order valence-corrected chi connectivity index (χ4v) is 3.71. The third-order valence-corrected chi connectivity index (χ3v) is 5.30. The molecule has 27 heavy (non-hydrogen) atoms. The van der Waals surface area contributed by atoms with Gasteiger partial charge in [0, 0.05) is 12.1 Å². The van der Waals surface area contributed by atoms with Gasteiger partial charge in [-0.2, -0.15) is 4.98 Å². The fraction of sp³-hybridized carbons (Fsp3) is 0.263. The van der Waals surface area contributed by atoms with E-state index in [1.807, 2.05) is 19.9 Å². The largest absolute Gasteiger partial charge is 0.496 e. The molecule has 0 spiro atoms. The Morgan fingerprint density at radius 1 is 1.19 bits per heavy atom. The number of ether oxygens (including phenoxy) is 1. The molecule has 0 fully saturated rings. The number of methoxy groups -OCH3 is 1. The van der Waals surface area contributed by atoms with Crippen LogP contribution in [0.2, 0.25) is 0 Å². The molecule has 142 valence electrons. The van der Waals surface area contributed by atoms with Crippen molar-refractivity contribution in [3.05, 3.63) is 53.9 Å². The third-order valence-electron chi connectivity index (χ3n) is 3.92. The molecular formula is C19H21N3O4S. The second-order valence-corrected chi connectivity index (χ2v) is 7.79. The van der Waals surface area contributed by atoms with Crippen LogP contribution >= 0.6 is 0 Å².